The van der Waals surface area contributed by atoms with Gasteiger partial charge in [0.15, 0.2) is 5.82 Å². The van der Waals surface area contributed by atoms with Crippen LogP contribution in [-0.4, -0.2) is 33.9 Å². The largest absolute Gasteiger partial charge is 0.396 e. The molecule has 148 valence electrons. The lowest BCUT2D eigenvalue weighted by Crippen LogP contribution is -2.38. The molecule has 4 rings (SSSR count). The van der Waals surface area contributed by atoms with Crippen LogP contribution in [0.25, 0.3) is 11.3 Å². The van der Waals surface area contributed by atoms with Crippen LogP contribution in [0.4, 0.5) is 11.5 Å². The molecule has 0 unspecified atom stereocenters. The second-order valence-electron chi connectivity index (χ2n) is 7.40. The van der Waals surface area contributed by atoms with Gasteiger partial charge in [-0.25, -0.2) is 4.98 Å². The van der Waals surface area contributed by atoms with Crippen molar-refractivity contribution in [1.29, 1.82) is 0 Å². The molecule has 0 radical (unpaired) electrons. The standard InChI is InChI=1S/C23H25N5O/c24-20-8-9-21(18-6-2-1-3-7-18)26-22(20)27-23(29)19-10-13-28(14-11-19)16-17-5-4-12-25-15-17/h1-9,12,15,19H,10-11,13-14,16,24H2,(H,26,27,29). The van der Waals surface area contributed by atoms with Crippen molar-refractivity contribution in [1.82, 2.24) is 14.9 Å². The average molecular weight is 387 g/mol. The lowest BCUT2D eigenvalue weighted by Gasteiger charge is -2.31. The number of nitrogens with zero attached hydrogens (tertiary/aromatic N) is 3. The molecule has 0 atom stereocenters. The van der Waals surface area contributed by atoms with Gasteiger partial charge >= 0.3 is 0 Å². The number of amides is 1. The van der Waals surface area contributed by atoms with E-state index in [1.807, 2.05) is 48.7 Å². The van der Waals surface area contributed by atoms with Gasteiger partial charge in [-0.2, -0.15) is 0 Å². The van der Waals surface area contributed by atoms with Crippen LogP contribution in [0.1, 0.15) is 18.4 Å². The van der Waals surface area contributed by atoms with Gasteiger partial charge in [0.05, 0.1) is 11.4 Å². The van der Waals surface area contributed by atoms with E-state index < -0.39 is 0 Å². The van der Waals surface area contributed by atoms with Crippen molar-refractivity contribution in [3.8, 4) is 11.3 Å². The zero-order chi connectivity index (χ0) is 20.1. The first-order valence-corrected chi connectivity index (χ1v) is 9.93. The number of likely N-dealkylation sites (tertiary alicyclic amines) is 1. The van der Waals surface area contributed by atoms with E-state index in [9.17, 15) is 4.79 Å². The first-order chi connectivity index (χ1) is 14.2. The van der Waals surface area contributed by atoms with Gasteiger partial charge in [0.25, 0.3) is 0 Å². The van der Waals surface area contributed by atoms with E-state index in [4.69, 9.17) is 5.73 Å². The molecule has 1 aliphatic rings. The van der Waals surface area contributed by atoms with Crippen molar-refractivity contribution in [3.05, 3.63) is 72.6 Å². The Kier molecular flexibility index (Phi) is 5.81. The molecule has 0 bridgehead atoms. The predicted octanol–water partition coefficient (Wildman–Crippen LogP) is 3.58. The summed E-state index contributed by atoms with van der Waals surface area (Å²) in [6, 6.07) is 17.6. The molecule has 3 aromatic rings. The van der Waals surface area contributed by atoms with Crippen LogP contribution in [0.3, 0.4) is 0 Å². The summed E-state index contributed by atoms with van der Waals surface area (Å²) < 4.78 is 0. The van der Waals surface area contributed by atoms with Crippen LogP contribution in [-0.2, 0) is 11.3 Å². The number of nitrogen functional groups attached to an aromatic ring is 1. The van der Waals surface area contributed by atoms with Crippen LogP contribution in [0, 0.1) is 5.92 Å². The molecule has 1 aliphatic heterocycles. The lowest BCUT2D eigenvalue weighted by atomic mass is 9.95. The summed E-state index contributed by atoms with van der Waals surface area (Å²) >= 11 is 0. The summed E-state index contributed by atoms with van der Waals surface area (Å²) in [5, 5.41) is 2.95. The third-order valence-electron chi connectivity index (χ3n) is 5.32. The summed E-state index contributed by atoms with van der Waals surface area (Å²) in [6.07, 6.45) is 5.33. The van der Waals surface area contributed by atoms with E-state index in [2.05, 4.69) is 26.3 Å². The quantitative estimate of drug-likeness (QED) is 0.699. The van der Waals surface area contributed by atoms with Gasteiger partial charge in [-0.3, -0.25) is 14.7 Å². The first kappa shape index (κ1) is 19.1. The number of piperidine rings is 1. The van der Waals surface area contributed by atoms with Crippen LogP contribution in [0.15, 0.2) is 67.0 Å². The van der Waals surface area contributed by atoms with Gasteiger partial charge in [0.2, 0.25) is 5.91 Å². The number of carbonyl (C=O) groups excluding carboxylic acids is 1. The van der Waals surface area contributed by atoms with E-state index in [1.54, 1.807) is 12.3 Å². The second kappa shape index (κ2) is 8.84. The Morgan fingerprint density at radius 2 is 1.86 bits per heavy atom. The van der Waals surface area contributed by atoms with Crippen molar-refractivity contribution in [2.24, 2.45) is 5.92 Å². The molecule has 3 heterocycles. The molecule has 3 N–H and O–H groups in total. The molecule has 29 heavy (non-hydrogen) atoms. The van der Waals surface area contributed by atoms with E-state index >= 15 is 0 Å². The molecular formula is C23H25N5O. The van der Waals surface area contributed by atoms with Gasteiger partial charge in [0.1, 0.15) is 0 Å². The number of nitrogens with two attached hydrogens (primary N) is 1. The molecule has 2 aromatic heterocycles. The monoisotopic (exact) mass is 387 g/mol. The smallest absolute Gasteiger partial charge is 0.228 e. The number of benzene rings is 1. The Morgan fingerprint density at radius 3 is 2.59 bits per heavy atom. The van der Waals surface area contributed by atoms with Crippen LogP contribution in [0.2, 0.25) is 0 Å². The van der Waals surface area contributed by atoms with Gasteiger partial charge in [0, 0.05) is 30.4 Å². The number of hydrogen-bond acceptors (Lipinski definition) is 5. The second-order valence-corrected chi connectivity index (χ2v) is 7.40. The number of anilines is 2. The summed E-state index contributed by atoms with van der Waals surface area (Å²) in [7, 11) is 0. The van der Waals surface area contributed by atoms with E-state index in [1.165, 1.54) is 5.56 Å². The normalized spacial score (nSPS) is 15.2. The lowest BCUT2D eigenvalue weighted by molar-refractivity contribution is -0.121. The van der Waals surface area contributed by atoms with Crippen LogP contribution < -0.4 is 11.1 Å². The van der Waals surface area contributed by atoms with Gasteiger partial charge < -0.3 is 11.1 Å². The number of nitrogens with one attached hydrogen (secondary N) is 1. The zero-order valence-electron chi connectivity index (χ0n) is 16.3. The molecular weight excluding hydrogens is 362 g/mol. The molecule has 1 saturated heterocycles. The molecule has 1 aromatic carbocycles. The highest BCUT2D eigenvalue weighted by Gasteiger charge is 2.25. The Labute approximate surface area is 170 Å². The van der Waals surface area contributed by atoms with Gasteiger partial charge in [-0.1, -0.05) is 36.4 Å². The highest BCUT2D eigenvalue weighted by molar-refractivity contribution is 5.94. The van der Waals surface area contributed by atoms with E-state index in [-0.39, 0.29) is 11.8 Å². The summed E-state index contributed by atoms with van der Waals surface area (Å²) in [6.45, 7) is 2.65. The number of aromatic nitrogens is 2. The van der Waals surface area contributed by atoms with Crippen molar-refractivity contribution in [2.75, 3.05) is 24.1 Å². The Bertz CT molecular complexity index is 954. The van der Waals surface area contributed by atoms with E-state index in [0.717, 1.165) is 43.7 Å². The fourth-order valence-electron chi connectivity index (χ4n) is 3.66. The number of hydrogen-bond donors (Lipinski definition) is 2. The van der Waals surface area contributed by atoms with E-state index in [0.29, 0.717) is 11.5 Å². The topological polar surface area (TPSA) is 84.1 Å². The minimum atomic E-state index is -0.0262. The maximum absolute atomic E-state index is 12.8. The highest BCUT2D eigenvalue weighted by atomic mass is 16.2. The fourth-order valence-corrected chi connectivity index (χ4v) is 3.66. The predicted molar refractivity (Wildman–Crippen MR) is 115 cm³/mol. The number of pyridine rings is 2. The minimum Gasteiger partial charge on any atom is -0.396 e. The van der Waals surface area contributed by atoms with Gasteiger partial charge in [-0.05, 0) is 49.7 Å². The Balaban J connectivity index is 1.36. The summed E-state index contributed by atoms with van der Waals surface area (Å²) in [4.78, 5) is 23.9. The average Bonchev–Trinajstić information content (AvgIpc) is 2.77. The molecule has 6 heteroatoms. The number of carbonyl (C=O) groups is 1. The van der Waals surface area contributed by atoms with Crippen molar-refractivity contribution >= 4 is 17.4 Å². The SMILES string of the molecule is Nc1ccc(-c2ccccc2)nc1NC(=O)C1CCN(Cc2cccnc2)CC1. The maximum Gasteiger partial charge on any atom is 0.228 e. The van der Waals surface area contributed by atoms with Gasteiger partial charge in [-0.15, -0.1) is 0 Å². The van der Waals surface area contributed by atoms with Crippen molar-refractivity contribution < 1.29 is 4.79 Å². The molecule has 0 aliphatic carbocycles. The molecule has 1 fully saturated rings. The Morgan fingerprint density at radius 1 is 1.07 bits per heavy atom. The third-order valence-corrected chi connectivity index (χ3v) is 5.32. The summed E-state index contributed by atoms with van der Waals surface area (Å²) in [5.41, 5.74) is 9.53. The van der Waals surface area contributed by atoms with Crippen molar-refractivity contribution in [3.63, 3.8) is 0 Å². The fraction of sp³-hybridized carbons (Fsp3) is 0.261. The Hall–Kier alpha value is -3.25. The minimum absolute atomic E-state index is 0.00422. The van der Waals surface area contributed by atoms with Crippen LogP contribution in [0.5, 0.6) is 0 Å². The molecule has 0 saturated carbocycles. The molecule has 0 spiro atoms. The maximum atomic E-state index is 12.8. The third kappa shape index (κ3) is 4.78. The van der Waals surface area contributed by atoms with Crippen LogP contribution >= 0.6 is 0 Å². The first-order valence-electron chi connectivity index (χ1n) is 9.93. The van der Waals surface area contributed by atoms with Crippen molar-refractivity contribution in [2.45, 2.75) is 19.4 Å². The summed E-state index contributed by atoms with van der Waals surface area (Å²) in [5.74, 6) is 0.409. The molecule has 6 nitrogen and oxygen atoms in total. The number of rotatable bonds is 5. The molecule has 1 amide bonds. The zero-order valence-corrected chi connectivity index (χ0v) is 16.3. The highest BCUT2D eigenvalue weighted by Crippen LogP contribution is 2.25.